The summed E-state index contributed by atoms with van der Waals surface area (Å²) in [5.74, 6) is 0.474. The first-order chi connectivity index (χ1) is 5.26. The fourth-order valence-electron chi connectivity index (χ4n) is 0.908. The molecule has 0 bridgehead atoms. The first-order valence-corrected chi connectivity index (χ1v) is 4.78. The first kappa shape index (κ1) is 10.8. The van der Waals surface area contributed by atoms with Gasteiger partial charge in [0.15, 0.2) is 0 Å². The van der Waals surface area contributed by atoms with E-state index >= 15 is 0 Å². The second kappa shape index (κ2) is 6.53. The fraction of sp³-hybridized carbons (Fsp3) is 0.875. The minimum Gasteiger partial charge on any atom is -0.342 e. The van der Waals surface area contributed by atoms with E-state index in [1.165, 1.54) is 0 Å². The Hall–Kier alpha value is -0.180. The van der Waals surface area contributed by atoms with Gasteiger partial charge in [-0.2, -0.15) is 12.6 Å². The number of rotatable bonds is 5. The van der Waals surface area contributed by atoms with Crippen molar-refractivity contribution in [2.24, 2.45) is 0 Å². The summed E-state index contributed by atoms with van der Waals surface area (Å²) in [4.78, 5) is 12.9. The number of hydrogen-bond acceptors (Lipinski definition) is 2. The molecule has 0 fully saturated rings. The number of carbonyl (C=O) groups excluding carboxylic acids is 1. The molecule has 0 atom stereocenters. The lowest BCUT2D eigenvalue weighted by atomic mass is 10.3. The van der Waals surface area contributed by atoms with E-state index in [2.05, 4.69) is 19.6 Å². The Balaban J connectivity index is 3.65. The van der Waals surface area contributed by atoms with Gasteiger partial charge in [0.25, 0.3) is 0 Å². The van der Waals surface area contributed by atoms with Gasteiger partial charge in [-0.05, 0) is 13.3 Å². The van der Waals surface area contributed by atoms with Gasteiger partial charge in [-0.3, -0.25) is 4.79 Å². The molecule has 66 valence electrons. The van der Waals surface area contributed by atoms with Crippen LogP contribution < -0.4 is 0 Å². The summed E-state index contributed by atoms with van der Waals surface area (Å²) in [7, 11) is 0. The van der Waals surface area contributed by atoms with Crippen LogP contribution in [0.2, 0.25) is 0 Å². The Bertz CT molecular complexity index is 117. The summed E-state index contributed by atoms with van der Waals surface area (Å²) in [6, 6.07) is 0. The predicted octanol–water partition coefficient (Wildman–Crippen LogP) is 1.56. The monoisotopic (exact) mass is 175 g/mol. The zero-order valence-corrected chi connectivity index (χ0v) is 8.23. The quantitative estimate of drug-likeness (QED) is 0.629. The third-order valence-corrected chi connectivity index (χ3v) is 1.92. The predicted molar refractivity (Wildman–Crippen MR) is 51.0 cm³/mol. The van der Waals surface area contributed by atoms with Crippen LogP contribution in [0, 0.1) is 0 Å². The maximum Gasteiger partial charge on any atom is 0.232 e. The standard InChI is InChI=1S/C8H17NOS/c1-3-5-6-9(4-2)8(10)7-11/h11H,3-7H2,1-2H3. The van der Waals surface area contributed by atoms with Crippen LogP contribution in [0.4, 0.5) is 0 Å². The maximum atomic E-state index is 11.1. The van der Waals surface area contributed by atoms with Crippen molar-refractivity contribution in [3.8, 4) is 0 Å². The highest BCUT2D eigenvalue weighted by atomic mass is 32.1. The zero-order valence-electron chi connectivity index (χ0n) is 7.34. The summed E-state index contributed by atoms with van der Waals surface area (Å²) >= 11 is 3.94. The van der Waals surface area contributed by atoms with E-state index in [-0.39, 0.29) is 5.91 Å². The SMILES string of the molecule is CCCCN(CC)C(=O)CS. The second-order valence-electron chi connectivity index (χ2n) is 2.49. The van der Waals surface area contributed by atoms with E-state index in [0.29, 0.717) is 5.75 Å². The molecule has 0 N–H and O–H groups in total. The molecule has 0 aliphatic heterocycles. The zero-order chi connectivity index (χ0) is 8.69. The summed E-state index contributed by atoms with van der Waals surface area (Å²) in [6.45, 7) is 5.81. The van der Waals surface area contributed by atoms with E-state index in [1.54, 1.807) is 0 Å². The van der Waals surface area contributed by atoms with Gasteiger partial charge in [0.2, 0.25) is 5.91 Å². The van der Waals surface area contributed by atoms with Gasteiger partial charge < -0.3 is 4.90 Å². The highest BCUT2D eigenvalue weighted by Gasteiger charge is 2.07. The molecule has 0 aliphatic carbocycles. The number of thiol groups is 1. The molecule has 3 heteroatoms. The molecule has 0 unspecified atom stereocenters. The molecular weight excluding hydrogens is 158 g/mol. The summed E-state index contributed by atoms with van der Waals surface area (Å²) in [5.41, 5.74) is 0. The summed E-state index contributed by atoms with van der Waals surface area (Å²) < 4.78 is 0. The molecule has 0 aromatic rings. The molecule has 1 amide bonds. The average Bonchev–Trinajstić information content (AvgIpc) is 2.05. The smallest absolute Gasteiger partial charge is 0.232 e. The van der Waals surface area contributed by atoms with E-state index in [0.717, 1.165) is 25.9 Å². The Morgan fingerprint density at radius 2 is 2.09 bits per heavy atom. The Kier molecular flexibility index (Phi) is 6.42. The maximum absolute atomic E-state index is 11.1. The Morgan fingerprint density at radius 1 is 1.45 bits per heavy atom. The van der Waals surface area contributed by atoms with Gasteiger partial charge in [0.1, 0.15) is 0 Å². The third kappa shape index (κ3) is 4.30. The Morgan fingerprint density at radius 3 is 2.45 bits per heavy atom. The molecule has 11 heavy (non-hydrogen) atoms. The molecule has 2 nitrogen and oxygen atoms in total. The van der Waals surface area contributed by atoms with Crippen molar-refractivity contribution in [2.75, 3.05) is 18.8 Å². The lowest BCUT2D eigenvalue weighted by Crippen LogP contribution is -2.32. The van der Waals surface area contributed by atoms with Crippen molar-refractivity contribution in [2.45, 2.75) is 26.7 Å². The molecule has 0 rings (SSSR count). The van der Waals surface area contributed by atoms with Crippen LogP contribution in [0.25, 0.3) is 0 Å². The largest absolute Gasteiger partial charge is 0.342 e. The van der Waals surface area contributed by atoms with Crippen molar-refractivity contribution < 1.29 is 4.79 Å². The van der Waals surface area contributed by atoms with Crippen LogP contribution in [-0.2, 0) is 4.79 Å². The first-order valence-electron chi connectivity index (χ1n) is 4.14. The lowest BCUT2D eigenvalue weighted by Gasteiger charge is -2.19. The van der Waals surface area contributed by atoms with Crippen LogP contribution >= 0.6 is 12.6 Å². The molecule has 0 saturated heterocycles. The normalized spacial score (nSPS) is 9.73. The topological polar surface area (TPSA) is 20.3 Å². The summed E-state index contributed by atoms with van der Waals surface area (Å²) in [5, 5.41) is 0. The molecule has 0 aliphatic rings. The van der Waals surface area contributed by atoms with Gasteiger partial charge in [-0.1, -0.05) is 13.3 Å². The van der Waals surface area contributed by atoms with Gasteiger partial charge in [0.05, 0.1) is 5.75 Å². The van der Waals surface area contributed by atoms with Gasteiger partial charge in [-0.25, -0.2) is 0 Å². The van der Waals surface area contributed by atoms with Crippen LogP contribution in [0.15, 0.2) is 0 Å². The van der Waals surface area contributed by atoms with Crippen LogP contribution in [-0.4, -0.2) is 29.6 Å². The molecule has 0 heterocycles. The molecule has 0 radical (unpaired) electrons. The minimum atomic E-state index is 0.143. The van der Waals surface area contributed by atoms with Crippen molar-refractivity contribution >= 4 is 18.5 Å². The highest BCUT2D eigenvalue weighted by Crippen LogP contribution is 1.96. The second-order valence-corrected chi connectivity index (χ2v) is 2.80. The van der Waals surface area contributed by atoms with Gasteiger partial charge in [-0.15, -0.1) is 0 Å². The number of amides is 1. The lowest BCUT2D eigenvalue weighted by molar-refractivity contribution is -0.128. The fourth-order valence-corrected chi connectivity index (χ4v) is 1.11. The van der Waals surface area contributed by atoms with Crippen LogP contribution in [0.1, 0.15) is 26.7 Å². The van der Waals surface area contributed by atoms with Crippen molar-refractivity contribution in [1.82, 2.24) is 4.90 Å². The van der Waals surface area contributed by atoms with Crippen molar-refractivity contribution in [1.29, 1.82) is 0 Å². The minimum absolute atomic E-state index is 0.143. The summed E-state index contributed by atoms with van der Waals surface area (Å²) in [6.07, 6.45) is 2.23. The third-order valence-electron chi connectivity index (χ3n) is 1.65. The number of hydrogen-bond donors (Lipinski definition) is 1. The van der Waals surface area contributed by atoms with Gasteiger partial charge in [0, 0.05) is 13.1 Å². The average molecular weight is 175 g/mol. The molecular formula is C8H17NOS. The highest BCUT2D eigenvalue weighted by molar-refractivity contribution is 7.81. The van der Waals surface area contributed by atoms with Crippen molar-refractivity contribution in [3.05, 3.63) is 0 Å². The number of unbranched alkanes of at least 4 members (excludes halogenated alkanes) is 1. The van der Waals surface area contributed by atoms with E-state index in [4.69, 9.17) is 0 Å². The van der Waals surface area contributed by atoms with E-state index < -0.39 is 0 Å². The molecule has 0 aromatic carbocycles. The van der Waals surface area contributed by atoms with Crippen molar-refractivity contribution in [3.63, 3.8) is 0 Å². The van der Waals surface area contributed by atoms with E-state index in [9.17, 15) is 4.79 Å². The van der Waals surface area contributed by atoms with Crippen LogP contribution in [0.3, 0.4) is 0 Å². The number of nitrogens with zero attached hydrogens (tertiary/aromatic N) is 1. The van der Waals surface area contributed by atoms with E-state index in [1.807, 2.05) is 11.8 Å². The number of carbonyl (C=O) groups is 1. The molecule has 0 aromatic heterocycles. The molecule has 0 saturated carbocycles. The van der Waals surface area contributed by atoms with Gasteiger partial charge >= 0.3 is 0 Å². The van der Waals surface area contributed by atoms with Crippen LogP contribution in [0.5, 0.6) is 0 Å². The molecule has 0 spiro atoms. The Labute approximate surface area is 74.4 Å².